The zero-order valence-electron chi connectivity index (χ0n) is 17.6. The number of aryl methyl sites for hydroxylation is 1. The number of benzene rings is 1. The number of fused-ring (bicyclic) bond motifs is 1. The maximum absolute atomic E-state index is 5.50. The third kappa shape index (κ3) is 5.09. The van der Waals surface area contributed by atoms with Crippen LogP contribution in [-0.2, 0) is 6.54 Å². The van der Waals surface area contributed by atoms with E-state index in [-0.39, 0.29) is 0 Å². The number of nitrogens with one attached hydrogen (secondary N) is 1. The summed E-state index contributed by atoms with van der Waals surface area (Å²) >= 11 is 0. The lowest BCUT2D eigenvalue weighted by Gasteiger charge is -2.35. The summed E-state index contributed by atoms with van der Waals surface area (Å²) in [5, 5.41) is 3.45. The lowest BCUT2D eigenvalue weighted by Crippen LogP contribution is -2.46. The second kappa shape index (κ2) is 8.86. The minimum atomic E-state index is 0.322. The molecule has 7 nitrogen and oxygen atoms in total. The summed E-state index contributed by atoms with van der Waals surface area (Å²) in [5.41, 5.74) is 2.26. The van der Waals surface area contributed by atoms with Crippen LogP contribution in [0.5, 0.6) is 11.5 Å². The van der Waals surface area contributed by atoms with Gasteiger partial charge in [-0.1, -0.05) is 19.9 Å². The summed E-state index contributed by atoms with van der Waals surface area (Å²) < 4.78 is 10.9. The fourth-order valence-corrected chi connectivity index (χ4v) is 3.68. The van der Waals surface area contributed by atoms with E-state index in [0.29, 0.717) is 12.7 Å². The second-order valence-electron chi connectivity index (χ2n) is 8.25. The Morgan fingerprint density at radius 2 is 1.83 bits per heavy atom. The zero-order valence-corrected chi connectivity index (χ0v) is 17.6. The van der Waals surface area contributed by atoms with Crippen molar-refractivity contribution in [2.75, 3.05) is 49.7 Å². The van der Waals surface area contributed by atoms with Gasteiger partial charge in [0.15, 0.2) is 11.5 Å². The van der Waals surface area contributed by atoms with Crippen LogP contribution >= 0.6 is 0 Å². The summed E-state index contributed by atoms with van der Waals surface area (Å²) in [7, 11) is 0. The molecule has 1 N–H and O–H groups in total. The van der Waals surface area contributed by atoms with Gasteiger partial charge in [0.1, 0.15) is 5.82 Å². The molecule has 0 atom stereocenters. The Kier molecular flexibility index (Phi) is 6.04. The van der Waals surface area contributed by atoms with E-state index >= 15 is 0 Å². The normalized spacial score (nSPS) is 16.5. The number of rotatable bonds is 7. The molecular formula is C22H31N5O2. The summed E-state index contributed by atoms with van der Waals surface area (Å²) in [5.74, 6) is 4.14. The van der Waals surface area contributed by atoms with Gasteiger partial charge in [-0.05, 0) is 37.0 Å². The molecule has 1 fully saturated rings. The number of anilines is 2. The van der Waals surface area contributed by atoms with E-state index < -0.39 is 0 Å². The van der Waals surface area contributed by atoms with Crippen LogP contribution in [0.15, 0.2) is 24.3 Å². The average Bonchev–Trinajstić information content (AvgIpc) is 3.16. The van der Waals surface area contributed by atoms with E-state index in [9.17, 15) is 0 Å². The van der Waals surface area contributed by atoms with Gasteiger partial charge >= 0.3 is 0 Å². The van der Waals surface area contributed by atoms with Crippen molar-refractivity contribution in [2.45, 2.75) is 33.7 Å². The maximum atomic E-state index is 5.50. The minimum Gasteiger partial charge on any atom is -0.454 e. The molecule has 0 radical (unpaired) electrons. The van der Waals surface area contributed by atoms with Gasteiger partial charge in [-0.2, -0.15) is 4.98 Å². The van der Waals surface area contributed by atoms with Crippen LogP contribution in [0.3, 0.4) is 0 Å². The highest BCUT2D eigenvalue weighted by Crippen LogP contribution is 2.32. The van der Waals surface area contributed by atoms with Crippen LogP contribution in [0.2, 0.25) is 0 Å². The van der Waals surface area contributed by atoms with Gasteiger partial charge in [0, 0.05) is 51.0 Å². The molecule has 1 saturated heterocycles. The van der Waals surface area contributed by atoms with Gasteiger partial charge in [0.2, 0.25) is 12.7 Å². The van der Waals surface area contributed by atoms with E-state index in [2.05, 4.69) is 46.1 Å². The SMILES string of the molecule is Cc1cc(NCCC(C)C)nc(N2CCN(Cc3ccc4c(c3)OCO4)CC2)n1. The molecule has 0 unspecified atom stereocenters. The Bertz CT molecular complexity index is 834. The van der Waals surface area contributed by atoms with Gasteiger partial charge in [0.25, 0.3) is 0 Å². The van der Waals surface area contributed by atoms with E-state index in [4.69, 9.17) is 14.5 Å². The topological polar surface area (TPSA) is 62.8 Å². The van der Waals surface area contributed by atoms with Crippen molar-refractivity contribution in [3.63, 3.8) is 0 Å². The van der Waals surface area contributed by atoms with Crippen LogP contribution in [0.25, 0.3) is 0 Å². The molecule has 2 aromatic rings. The first-order valence-electron chi connectivity index (χ1n) is 10.5. The lowest BCUT2D eigenvalue weighted by atomic mass is 10.1. The molecule has 3 heterocycles. The van der Waals surface area contributed by atoms with Crippen LogP contribution in [0.1, 0.15) is 31.5 Å². The molecule has 0 bridgehead atoms. The number of ether oxygens (including phenoxy) is 2. The molecule has 7 heteroatoms. The van der Waals surface area contributed by atoms with Crippen molar-refractivity contribution in [1.29, 1.82) is 0 Å². The number of nitrogens with zero attached hydrogens (tertiary/aromatic N) is 4. The van der Waals surface area contributed by atoms with E-state index in [0.717, 1.165) is 74.6 Å². The van der Waals surface area contributed by atoms with E-state index in [1.807, 2.05) is 19.1 Å². The van der Waals surface area contributed by atoms with E-state index in [1.54, 1.807) is 0 Å². The highest BCUT2D eigenvalue weighted by atomic mass is 16.7. The summed E-state index contributed by atoms with van der Waals surface area (Å²) in [6.07, 6.45) is 1.14. The van der Waals surface area contributed by atoms with Crippen molar-refractivity contribution in [3.8, 4) is 11.5 Å². The molecule has 156 valence electrons. The third-order valence-corrected chi connectivity index (χ3v) is 5.37. The van der Waals surface area contributed by atoms with E-state index in [1.165, 1.54) is 5.56 Å². The largest absolute Gasteiger partial charge is 0.454 e. The Balaban J connectivity index is 1.32. The van der Waals surface area contributed by atoms with Gasteiger partial charge in [-0.25, -0.2) is 4.98 Å². The van der Waals surface area contributed by atoms with Gasteiger partial charge < -0.3 is 19.7 Å². The molecule has 0 saturated carbocycles. The Hall–Kier alpha value is -2.54. The Morgan fingerprint density at radius 3 is 2.62 bits per heavy atom. The van der Waals surface area contributed by atoms with Crippen molar-refractivity contribution in [1.82, 2.24) is 14.9 Å². The average molecular weight is 398 g/mol. The first kappa shape index (κ1) is 19.8. The van der Waals surface area contributed by atoms with Crippen LogP contribution in [-0.4, -0.2) is 54.4 Å². The van der Waals surface area contributed by atoms with Gasteiger partial charge in [-0.15, -0.1) is 0 Å². The monoisotopic (exact) mass is 397 g/mol. The molecule has 2 aliphatic heterocycles. The fourth-order valence-electron chi connectivity index (χ4n) is 3.68. The number of hydrogen-bond acceptors (Lipinski definition) is 7. The first-order chi connectivity index (χ1) is 14.1. The number of hydrogen-bond donors (Lipinski definition) is 1. The van der Waals surface area contributed by atoms with Gasteiger partial charge in [-0.3, -0.25) is 4.90 Å². The molecule has 0 spiro atoms. The first-order valence-corrected chi connectivity index (χ1v) is 10.5. The molecule has 0 amide bonds. The second-order valence-corrected chi connectivity index (χ2v) is 8.25. The third-order valence-electron chi connectivity index (χ3n) is 5.37. The van der Waals surface area contributed by atoms with Crippen LogP contribution in [0, 0.1) is 12.8 Å². The Morgan fingerprint density at radius 1 is 1.03 bits per heavy atom. The highest BCUT2D eigenvalue weighted by Gasteiger charge is 2.21. The predicted octanol–water partition coefficient (Wildman–Crippen LogP) is 3.29. The van der Waals surface area contributed by atoms with Crippen molar-refractivity contribution < 1.29 is 9.47 Å². The van der Waals surface area contributed by atoms with Crippen molar-refractivity contribution in [2.24, 2.45) is 5.92 Å². The summed E-state index contributed by atoms with van der Waals surface area (Å²) in [6, 6.07) is 8.24. The molecule has 1 aromatic carbocycles. The number of aromatic nitrogens is 2. The fraction of sp³-hybridized carbons (Fsp3) is 0.545. The molecular weight excluding hydrogens is 366 g/mol. The highest BCUT2D eigenvalue weighted by molar-refractivity contribution is 5.45. The summed E-state index contributed by atoms with van der Waals surface area (Å²) in [4.78, 5) is 14.2. The van der Waals surface area contributed by atoms with Gasteiger partial charge in [0.05, 0.1) is 0 Å². The zero-order chi connectivity index (χ0) is 20.2. The molecule has 4 rings (SSSR count). The lowest BCUT2D eigenvalue weighted by molar-refractivity contribution is 0.174. The van der Waals surface area contributed by atoms with Crippen molar-refractivity contribution in [3.05, 3.63) is 35.5 Å². The van der Waals surface area contributed by atoms with Crippen LogP contribution in [0.4, 0.5) is 11.8 Å². The minimum absolute atomic E-state index is 0.322. The number of piperazine rings is 1. The maximum Gasteiger partial charge on any atom is 0.231 e. The Labute approximate surface area is 173 Å². The smallest absolute Gasteiger partial charge is 0.231 e. The van der Waals surface area contributed by atoms with Crippen LogP contribution < -0.4 is 19.7 Å². The standard InChI is InChI=1S/C22H31N5O2/c1-16(2)6-7-23-21-12-17(3)24-22(25-21)27-10-8-26(9-11-27)14-18-4-5-19-20(13-18)29-15-28-19/h4-5,12-13,16H,6-11,14-15H2,1-3H3,(H,23,24,25). The van der Waals surface area contributed by atoms with Crippen molar-refractivity contribution >= 4 is 11.8 Å². The molecule has 29 heavy (non-hydrogen) atoms. The predicted molar refractivity (Wildman–Crippen MR) is 115 cm³/mol. The molecule has 2 aliphatic rings. The molecule has 1 aromatic heterocycles. The molecule has 0 aliphatic carbocycles. The summed E-state index contributed by atoms with van der Waals surface area (Å²) in [6.45, 7) is 12.5. The quantitative estimate of drug-likeness (QED) is 0.769.